The molecule has 0 spiro atoms. The molecule has 0 aliphatic heterocycles. The topological polar surface area (TPSA) is 9.23 Å². The highest BCUT2D eigenvalue weighted by molar-refractivity contribution is 6.74. The standard InChI is InChI=1S/C20H30OSi/c1-19(2,3)16-13-15-11-9-10-12-17(15)18(14-16)21-22(7,8)20(4,5)6/h9-14H,1-8H3. The summed E-state index contributed by atoms with van der Waals surface area (Å²) in [5, 5.41) is 2.69. The number of benzene rings is 2. The maximum Gasteiger partial charge on any atom is 0.250 e. The quantitative estimate of drug-likeness (QED) is 0.573. The molecular formula is C20H30OSi. The number of rotatable bonds is 2. The normalized spacial score (nSPS) is 13.5. The molecule has 120 valence electrons. The zero-order chi connectivity index (χ0) is 16.8. The molecule has 2 aromatic rings. The molecule has 0 fully saturated rings. The Kier molecular flexibility index (Phi) is 4.20. The number of hydrogen-bond donors (Lipinski definition) is 0. The monoisotopic (exact) mass is 314 g/mol. The minimum absolute atomic E-state index is 0.121. The van der Waals surface area contributed by atoms with Crippen LogP contribution < -0.4 is 4.43 Å². The SMILES string of the molecule is CC(C)(C)c1cc(O[Si](C)(C)C(C)(C)C)c2ccccc2c1. The van der Waals surface area contributed by atoms with Gasteiger partial charge in [0.25, 0.3) is 8.32 Å². The molecule has 0 saturated heterocycles. The molecular weight excluding hydrogens is 284 g/mol. The van der Waals surface area contributed by atoms with Crippen molar-refractivity contribution in [3.8, 4) is 5.75 Å². The summed E-state index contributed by atoms with van der Waals surface area (Å²) in [6.45, 7) is 18.3. The summed E-state index contributed by atoms with van der Waals surface area (Å²) in [4.78, 5) is 0. The molecule has 2 rings (SSSR count). The van der Waals surface area contributed by atoms with Gasteiger partial charge in [0, 0.05) is 5.39 Å². The Bertz CT molecular complexity index is 672. The van der Waals surface area contributed by atoms with Crippen molar-refractivity contribution < 1.29 is 4.43 Å². The van der Waals surface area contributed by atoms with E-state index in [1.807, 2.05) is 0 Å². The fourth-order valence-corrected chi connectivity index (χ4v) is 3.25. The Labute approximate surface area is 136 Å². The van der Waals surface area contributed by atoms with E-state index >= 15 is 0 Å². The Morgan fingerprint density at radius 2 is 1.45 bits per heavy atom. The van der Waals surface area contributed by atoms with Crippen molar-refractivity contribution in [2.45, 2.75) is 65.1 Å². The lowest BCUT2D eigenvalue weighted by Crippen LogP contribution is -2.44. The van der Waals surface area contributed by atoms with Crippen LogP contribution in [-0.4, -0.2) is 8.32 Å². The summed E-state index contributed by atoms with van der Waals surface area (Å²) in [5.41, 5.74) is 1.45. The second kappa shape index (κ2) is 5.41. The Morgan fingerprint density at radius 3 is 2.00 bits per heavy atom. The number of hydrogen-bond acceptors (Lipinski definition) is 1. The van der Waals surface area contributed by atoms with Crippen LogP contribution >= 0.6 is 0 Å². The lowest BCUT2D eigenvalue weighted by Gasteiger charge is -2.37. The summed E-state index contributed by atoms with van der Waals surface area (Å²) < 4.78 is 6.65. The predicted octanol–water partition coefficient (Wildman–Crippen LogP) is 6.52. The molecule has 0 N–H and O–H groups in total. The van der Waals surface area contributed by atoms with E-state index in [4.69, 9.17) is 4.43 Å². The van der Waals surface area contributed by atoms with Crippen LogP contribution in [0.3, 0.4) is 0 Å². The van der Waals surface area contributed by atoms with Crippen molar-refractivity contribution in [3.63, 3.8) is 0 Å². The van der Waals surface area contributed by atoms with Gasteiger partial charge in [-0.25, -0.2) is 0 Å². The summed E-state index contributed by atoms with van der Waals surface area (Å²) in [6, 6.07) is 13.1. The van der Waals surface area contributed by atoms with Crippen molar-refractivity contribution in [2.75, 3.05) is 0 Å². The van der Waals surface area contributed by atoms with Crippen molar-refractivity contribution >= 4 is 19.1 Å². The van der Waals surface area contributed by atoms with E-state index in [9.17, 15) is 0 Å². The highest BCUT2D eigenvalue weighted by atomic mass is 28.4. The minimum Gasteiger partial charge on any atom is -0.543 e. The van der Waals surface area contributed by atoms with E-state index < -0.39 is 8.32 Å². The first-order valence-electron chi connectivity index (χ1n) is 8.14. The van der Waals surface area contributed by atoms with E-state index in [1.165, 1.54) is 16.3 Å². The van der Waals surface area contributed by atoms with Gasteiger partial charge in [-0.3, -0.25) is 0 Å². The van der Waals surface area contributed by atoms with Gasteiger partial charge in [0.05, 0.1) is 0 Å². The minimum atomic E-state index is -1.84. The average Bonchev–Trinajstić information content (AvgIpc) is 2.35. The molecule has 2 heteroatoms. The van der Waals surface area contributed by atoms with Gasteiger partial charge in [-0.1, -0.05) is 71.9 Å². The molecule has 0 atom stereocenters. The highest BCUT2D eigenvalue weighted by Gasteiger charge is 2.39. The third-order valence-corrected chi connectivity index (χ3v) is 9.20. The molecule has 0 radical (unpaired) electrons. The number of fused-ring (bicyclic) bond motifs is 1. The summed E-state index contributed by atoms with van der Waals surface area (Å²) >= 11 is 0. The first-order chi connectivity index (χ1) is 9.92. The Hall–Kier alpha value is -1.28. The van der Waals surface area contributed by atoms with Gasteiger partial charge in [-0.15, -0.1) is 0 Å². The van der Waals surface area contributed by atoms with E-state index in [1.54, 1.807) is 0 Å². The second-order valence-electron chi connectivity index (χ2n) is 8.81. The van der Waals surface area contributed by atoms with Gasteiger partial charge in [-0.2, -0.15) is 0 Å². The second-order valence-corrected chi connectivity index (χ2v) is 13.5. The van der Waals surface area contributed by atoms with Gasteiger partial charge < -0.3 is 4.43 Å². The van der Waals surface area contributed by atoms with Crippen LogP contribution in [0.25, 0.3) is 10.8 Å². The van der Waals surface area contributed by atoms with Crippen molar-refractivity contribution in [1.82, 2.24) is 0 Å². The van der Waals surface area contributed by atoms with Crippen LogP contribution in [0.15, 0.2) is 36.4 Å². The maximum absolute atomic E-state index is 6.65. The molecule has 0 unspecified atom stereocenters. The van der Waals surface area contributed by atoms with Crippen molar-refractivity contribution in [1.29, 1.82) is 0 Å². The van der Waals surface area contributed by atoms with Crippen LogP contribution in [0.2, 0.25) is 18.1 Å². The van der Waals surface area contributed by atoms with E-state index in [0.717, 1.165) is 5.75 Å². The Morgan fingerprint density at radius 1 is 0.864 bits per heavy atom. The third-order valence-electron chi connectivity index (χ3n) is 4.86. The molecule has 0 aliphatic carbocycles. The molecule has 1 nitrogen and oxygen atoms in total. The molecule has 0 heterocycles. The van der Waals surface area contributed by atoms with Gasteiger partial charge in [0.2, 0.25) is 0 Å². The predicted molar refractivity (Wildman–Crippen MR) is 100 cm³/mol. The molecule has 2 aromatic carbocycles. The van der Waals surface area contributed by atoms with Gasteiger partial charge >= 0.3 is 0 Å². The lowest BCUT2D eigenvalue weighted by molar-refractivity contribution is 0.493. The van der Waals surface area contributed by atoms with E-state index in [0.29, 0.717) is 0 Å². The van der Waals surface area contributed by atoms with Crippen LogP contribution in [0, 0.1) is 0 Å². The van der Waals surface area contributed by atoms with Crippen molar-refractivity contribution in [3.05, 3.63) is 42.0 Å². The fraction of sp³-hybridized carbons (Fsp3) is 0.500. The lowest BCUT2D eigenvalue weighted by atomic mass is 9.85. The summed E-state index contributed by atoms with van der Waals surface area (Å²) in [7, 11) is -1.84. The molecule has 0 amide bonds. The Balaban J connectivity index is 2.61. The van der Waals surface area contributed by atoms with Crippen LogP contribution in [0.5, 0.6) is 5.75 Å². The van der Waals surface area contributed by atoms with E-state index in [-0.39, 0.29) is 10.5 Å². The van der Waals surface area contributed by atoms with Gasteiger partial charge in [0.15, 0.2) is 0 Å². The highest BCUT2D eigenvalue weighted by Crippen LogP contribution is 2.40. The largest absolute Gasteiger partial charge is 0.543 e. The summed E-state index contributed by atoms with van der Waals surface area (Å²) in [6.07, 6.45) is 0. The van der Waals surface area contributed by atoms with Crippen LogP contribution in [0.1, 0.15) is 47.1 Å². The molecule has 22 heavy (non-hydrogen) atoms. The third kappa shape index (κ3) is 3.38. The maximum atomic E-state index is 6.65. The van der Waals surface area contributed by atoms with E-state index in [2.05, 4.69) is 91.0 Å². The van der Waals surface area contributed by atoms with Crippen LogP contribution in [0.4, 0.5) is 0 Å². The van der Waals surface area contributed by atoms with Gasteiger partial charge in [0.1, 0.15) is 5.75 Å². The molecule has 0 bridgehead atoms. The average molecular weight is 315 g/mol. The summed E-state index contributed by atoms with van der Waals surface area (Å²) in [5.74, 6) is 1.05. The molecule has 0 aliphatic rings. The van der Waals surface area contributed by atoms with Gasteiger partial charge in [-0.05, 0) is 40.6 Å². The van der Waals surface area contributed by atoms with Crippen LogP contribution in [-0.2, 0) is 5.41 Å². The first-order valence-corrected chi connectivity index (χ1v) is 11.0. The molecule has 0 saturated carbocycles. The zero-order valence-electron chi connectivity index (χ0n) is 15.4. The first kappa shape index (κ1) is 17.1. The van der Waals surface area contributed by atoms with Crippen molar-refractivity contribution in [2.24, 2.45) is 0 Å². The zero-order valence-corrected chi connectivity index (χ0v) is 16.4. The fourth-order valence-electron chi connectivity index (χ4n) is 2.22. The molecule has 0 aromatic heterocycles. The smallest absolute Gasteiger partial charge is 0.250 e.